The van der Waals surface area contributed by atoms with Gasteiger partial charge in [-0.25, -0.2) is 4.98 Å². The van der Waals surface area contributed by atoms with Crippen LogP contribution in [0.25, 0.3) is 20.8 Å². The van der Waals surface area contributed by atoms with E-state index in [1.54, 1.807) is 34.4 Å². The molecule has 2 aromatic heterocycles. The number of hydrogen-bond donors (Lipinski definition) is 1. The van der Waals surface area contributed by atoms with Gasteiger partial charge in [-0.2, -0.15) is 0 Å². The second-order valence-corrected chi connectivity index (χ2v) is 12.1. The van der Waals surface area contributed by atoms with Gasteiger partial charge in [0, 0.05) is 45.6 Å². The van der Waals surface area contributed by atoms with Crippen molar-refractivity contribution in [2.24, 2.45) is 0 Å². The maximum Gasteiger partial charge on any atom is 0.225 e. The standard InChI is InChI=1S/C26H26ClN3OS3.ClH/c1-2-13-30-14-11-19-22(16-30)34-26(24(19)25-28-20-5-3-4-6-21(20)33-25)29-23(31)12-15-32-18-9-7-17(27)8-10-18;/h3-10H,2,11-16H2,1H3,(H,29,31);1H. The molecule has 0 saturated heterocycles. The van der Waals surface area contributed by atoms with Crippen LogP contribution in [0.5, 0.6) is 0 Å². The Kier molecular flexibility index (Phi) is 9.13. The van der Waals surface area contributed by atoms with Gasteiger partial charge in [0.2, 0.25) is 5.91 Å². The summed E-state index contributed by atoms with van der Waals surface area (Å²) in [5.41, 5.74) is 3.51. The van der Waals surface area contributed by atoms with Crippen LogP contribution in [0.4, 0.5) is 5.00 Å². The fourth-order valence-electron chi connectivity index (χ4n) is 4.24. The largest absolute Gasteiger partial charge is 0.317 e. The van der Waals surface area contributed by atoms with Gasteiger partial charge in [-0.15, -0.1) is 46.8 Å². The first-order valence-corrected chi connectivity index (χ1v) is 14.5. The lowest BCUT2D eigenvalue weighted by Gasteiger charge is -2.26. The number of anilines is 1. The van der Waals surface area contributed by atoms with E-state index >= 15 is 0 Å². The number of thiophene rings is 1. The minimum atomic E-state index is 0. The average molecular weight is 565 g/mol. The van der Waals surface area contributed by atoms with E-state index in [1.807, 2.05) is 30.3 Å². The number of halogens is 2. The van der Waals surface area contributed by atoms with Gasteiger partial charge in [0.25, 0.3) is 0 Å². The Balaban J connectivity index is 0.00000289. The third kappa shape index (κ3) is 6.21. The van der Waals surface area contributed by atoms with Gasteiger partial charge in [-0.05, 0) is 61.3 Å². The van der Waals surface area contributed by atoms with Crippen LogP contribution in [-0.2, 0) is 17.8 Å². The molecule has 0 aliphatic carbocycles. The summed E-state index contributed by atoms with van der Waals surface area (Å²) in [5, 5.41) is 5.93. The first-order valence-electron chi connectivity index (χ1n) is 11.5. The predicted molar refractivity (Wildman–Crippen MR) is 155 cm³/mol. The fraction of sp³-hybridized carbons (Fsp3) is 0.308. The molecule has 4 nitrogen and oxygen atoms in total. The zero-order valence-corrected chi connectivity index (χ0v) is 23.4. The SMILES string of the molecule is CCCN1CCc2c(sc(NC(=O)CCSc3ccc(Cl)cc3)c2-c2nc3ccccc3s2)C1.Cl. The maximum atomic E-state index is 12.9. The second-order valence-electron chi connectivity index (χ2n) is 8.32. The molecule has 1 amide bonds. The topological polar surface area (TPSA) is 45.2 Å². The molecule has 0 atom stereocenters. The van der Waals surface area contributed by atoms with E-state index in [1.165, 1.54) is 15.1 Å². The second kappa shape index (κ2) is 12.1. The Bertz CT molecular complexity index is 1270. The highest BCUT2D eigenvalue weighted by Crippen LogP contribution is 2.45. The number of carbonyl (C=O) groups is 1. The summed E-state index contributed by atoms with van der Waals surface area (Å²) in [6.45, 7) is 5.34. The summed E-state index contributed by atoms with van der Waals surface area (Å²) < 4.78 is 1.18. The summed E-state index contributed by atoms with van der Waals surface area (Å²) >= 11 is 11.1. The van der Waals surface area contributed by atoms with Gasteiger partial charge in [-0.3, -0.25) is 9.69 Å². The fourth-order valence-corrected chi connectivity index (χ4v) is 7.63. The Morgan fingerprint density at radius 1 is 1.17 bits per heavy atom. The normalized spacial score (nSPS) is 13.4. The van der Waals surface area contributed by atoms with Crippen molar-refractivity contribution in [2.75, 3.05) is 24.2 Å². The first-order chi connectivity index (χ1) is 16.6. The highest BCUT2D eigenvalue weighted by molar-refractivity contribution is 7.99. The third-order valence-corrected chi connectivity index (χ3v) is 9.30. The molecule has 4 aromatic rings. The molecule has 1 aliphatic heterocycles. The van der Waals surface area contributed by atoms with Crippen molar-refractivity contribution < 1.29 is 4.79 Å². The molecule has 3 heterocycles. The van der Waals surface area contributed by atoms with Gasteiger partial charge in [0.1, 0.15) is 10.0 Å². The van der Waals surface area contributed by atoms with Crippen molar-refractivity contribution in [1.82, 2.24) is 9.88 Å². The highest BCUT2D eigenvalue weighted by Gasteiger charge is 2.27. The molecule has 5 rings (SSSR count). The van der Waals surface area contributed by atoms with Gasteiger partial charge in [-0.1, -0.05) is 30.7 Å². The highest BCUT2D eigenvalue weighted by atomic mass is 35.5. The maximum absolute atomic E-state index is 12.9. The average Bonchev–Trinajstić information content (AvgIpc) is 3.40. The van der Waals surface area contributed by atoms with Crippen LogP contribution < -0.4 is 5.32 Å². The predicted octanol–water partition coefficient (Wildman–Crippen LogP) is 7.99. The smallest absolute Gasteiger partial charge is 0.225 e. The molecule has 0 fully saturated rings. The van der Waals surface area contributed by atoms with Crippen molar-refractivity contribution in [3.8, 4) is 10.6 Å². The molecule has 0 saturated carbocycles. The number of hydrogen-bond acceptors (Lipinski definition) is 6. The number of aromatic nitrogens is 1. The summed E-state index contributed by atoms with van der Waals surface area (Å²) in [6.07, 6.45) is 2.61. The van der Waals surface area contributed by atoms with Gasteiger partial charge >= 0.3 is 0 Å². The number of nitrogens with zero attached hydrogens (tertiary/aromatic N) is 2. The van der Waals surface area contributed by atoms with Crippen LogP contribution in [-0.4, -0.2) is 34.6 Å². The number of para-hydroxylation sites is 1. The van der Waals surface area contributed by atoms with Crippen LogP contribution in [0.3, 0.4) is 0 Å². The van der Waals surface area contributed by atoms with Crippen molar-refractivity contribution >= 4 is 79.6 Å². The molecular weight excluding hydrogens is 537 g/mol. The number of thiazole rings is 1. The number of rotatable bonds is 8. The van der Waals surface area contributed by atoms with Crippen molar-refractivity contribution in [2.45, 2.75) is 37.6 Å². The Morgan fingerprint density at radius 3 is 2.74 bits per heavy atom. The molecule has 9 heteroatoms. The van der Waals surface area contributed by atoms with Gasteiger partial charge in [0.15, 0.2) is 0 Å². The van der Waals surface area contributed by atoms with Crippen LogP contribution in [0.2, 0.25) is 5.02 Å². The van der Waals surface area contributed by atoms with Crippen LogP contribution in [0.15, 0.2) is 53.4 Å². The van der Waals surface area contributed by atoms with E-state index in [9.17, 15) is 4.79 Å². The Hall–Kier alpha value is -1.61. The van der Waals surface area contributed by atoms with Crippen LogP contribution in [0, 0.1) is 0 Å². The zero-order valence-electron chi connectivity index (χ0n) is 19.4. The Morgan fingerprint density at radius 2 is 1.97 bits per heavy atom. The lowest BCUT2D eigenvalue weighted by molar-refractivity contribution is -0.115. The number of nitrogens with one attached hydrogen (secondary N) is 1. The van der Waals surface area contributed by atoms with E-state index < -0.39 is 0 Å². The molecule has 184 valence electrons. The summed E-state index contributed by atoms with van der Waals surface area (Å²) in [7, 11) is 0. The zero-order chi connectivity index (χ0) is 23.5. The number of benzene rings is 2. The van der Waals surface area contributed by atoms with E-state index in [4.69, 9.17) is 16.6 Å². The molecule has 0 spiro atoms. The first kappa shape index (κ1) is 26.5. The number of carbonyl (C=O) groups excluding carboxylic acids is 1. The number of thioether (sulfide) groups is 1. The quantitative estimate of drug-likeness (QED) is 0.220. The van der Waals surface area contributed by atoms with Crippen LogP contribution >= 0.6 is 58.4 Å². The molecule has 1 N–H and O–H groups in total. The van der Waals surface area contributed by atoms with Gasteiger partial charge < -0.3 is 5.32 Å². The lowest BCUT2D eigenvalue weighted by atomic mass is 10.0. The summed E-state index contributed by atoms with van der Waals surface area (Å²) in [4.78, 5) is 22.9. The monoisotopic (exact) mass is 563 g/mol. The molecule has 35 heavy (non-hydrogen) atoms. The summed E-state index contributed by atoms with van der Waals surface area (Å²) in [6, 6.07) is 16.0. The molecule has 0 radical (unpaired) electrons. The molecular formula is C26H27Cl2N3OS3. The third-order valence-electron chi connectivity index (χ3n) is 5.85. The van der Waals surface area contributed by atoms with E-state index in [0.717, 1.165) is 69.2 Å². The molecule has 0 unspecified atom stereocenters. The minimum absolute atomic E-state index is 0. The molecule has 0 bridgehead atoms. The number of amides is 1. The number of fused-ring (bicyclic) bond motifs is 2. The van der Waals surface area contributed by atoms with E-state index in [2.05, 4.69) is 35.3 Å². The minimum Gasteiger partial charge on any atom is -0.317 e. The van der Waals surface area contributed by atoms with E-state index in [-0.39, 0.29) is 18.3 Å². The van der Waals surface area contributed by atoms with Gasteiger partial charge in [0.05, 0.1) is 10.2 Å². The van der Waals surface area contributed by atoms with Crippen molar-refractivity contribution in [1.29, 1.82) is 0 Å². The molecule has 1 aliphatic rings. The lowest BCUT2D eigenvalue weighted by Crippen LogP contribution is -2.30. The van der Waals surface area contributed by atoms with E-state index in [0.29, 0.717) is 6.42 Å². The Labute approximate surface area is 229 Å². The van der Waals surface area contributed by atoms with Crippen molar-refractivity contribution in [3.63, 3.8) is 0 Å². The van der Waals surface area contributed by atoms with Crippen molar-refractivity contribution in [3.05, 3.63) is 64.0 Å². The van der Waals surface area contributed by atoms with Crippen LogP contribution in [0.1, 0.15) is 30.2 Å². The summed E-state index contributed by atoms with van der Waals surface area (Å²) in [5.74, 6) is 0.770. The molecule has 2 aromatic carbocycles.